The number of benzene rings is 1. The Morgan fingerprint density at radius 3 is 2.73 bits per heavy atom. The lowest BCUT2D eigenvalue weighted by Gasteiger charge is -2.14. The topological polar surface area (TPSA) is 67.8 Å². The quantitative estimate of drug-likeness (QED) is 0.560. The van der Waals surface area contributed by atoms with Crippen molar-refractivity contribution in [2.75, 3.05) is 32.1 Å². The first kappa shape index (κ1) is 19.6. The lowest BCUT2D eigenvalue weighted by molar-refractivity contribution is 0.311. The smallest absolute Gasteiger partial charge is 0.195 e. The Labute approximate surface area is 155 Å². The fraction of sp³-hybridized carbons (Fsp3) is 0.400. The van der Waals surface area contributed by atoms with E-state index in [0.29, 0.717) is 18.9 Å². The van der Waals surface area contributed by atoms with Crippen LogP contribution in [0.25, 0.3) is 0 Å². The van der Waals surface area contributed by atoms with Crippen LogP contribution in [-0.4, -0.2) is 37.7 Å². The van der Waals surface area contributed by atoms with E-state index in [1.165, 1.54) is 11.1 Å². The maximum absolute atomic E-state index is 5.56. The van der Waals surface area contributed by atoms with Crippen LogP contribution in [-0.2, 0) is 6.42 Å². The zero-order valence-electron chi connectivity index (χ0n) is 16.0. The summed E-state index contributed by atoms with van der Waals surface area (Å²) < 4.78 is 11.0. The number of nitrogens with zero attached hydrogens (tertiary/aromatic N) is 2. The van der Waals surface area contributed by atoms with E-state index in [0.717, 1.165) is 30.4 Å². The summed E-state index contributed by atoms with van der Waals surface area (Å²) in [6.07, 6.45) is 4.58. The third-order valence-corrected chi connectivity index (χ3v) is 3.86. The predicted molar refractivity (Wildman–Crippen MR) is 106 cm³/mol. The van der Waals surface area contributed by atoms with Crippen molar-refractivity contribution in [1.29, 1.82) is 0 Å². The Morgan fingerprint density at radius 2 is 2.04 bits per heavy atom. The van der Waals surface area contributed by atoms with Gasteiger partial charge in [-0.3, -0.25) is 9.98 Å². The number of hydrogen-bond donors (Lipinski definition) is 2. The minimum absolute atomic E-state index is 0.599. The van der Waals surface area contributed by atoms with Gasteiger partial charge in [0, 0.05) is 37.2 Å². The van der Waals surface area contributed by atoms with Gasteiger partial charge in [-0.15, -0.1) is 0 Å². The molecule has 6 heteroatoms. The van der Waals surface area contributed by atoms with Gasteiger partial charge in [-0.25, -0.2) is 0 Å². The maximum atomic E-state index is 5.56. The van der Waals surface area contributed by atoms with E-state index in [1.54, 1.807) is 7.11 Å². The van der Waals surface area contributed by atoms with Crippen LogP contribution in [0.2, 0.25) is 0 Å². The third-order valence-electron chi connectivity index (χ3n) is 3.86. The van der Waals surface area contributed by atoms with Crippen LogP contribution in [0.15, 0.2) is 41.7 Å². The van der Waals surface area contributed by atoms with Crippen molar-refractivity contribution in [2.24, 2.45) is 4.99 Å². The molecule has 0 aliphatic rings. The van der Waals surface area contributed by atoms with Crippen LogP contribution >= 0.6 is 0 Å². The van der Waals surface area contributed by atoms with Crippen LogP contribution in [0.1, 0.15) is 25.0 Å². The lowest BCUT2D eigenvalue weighted by atomic mass is 10.1. The van der Waals surface area contributed by atoms with Crippen molar-refractivity contribution < 1.29 is 9.47 Å². The van der Waals surface area contributed by atoms with Gasteiger partial charge in [-0.05, 0) is 56.5 Å². The number of aliphatic imine (C=N–C) groups is 1. The molecule has 2 aromatic rings. The zero-order valence-corrected chi connectivity index (χ0v) is 16.0. The standard InChI is InChI=1S/C20H28N4O2/c1-5-22-20(23-12-10-16-9-11-21-14-15(16)3)24-17-7-8-18(26-6-2)19(13-17)25-4/h7-9,11,13-14H,5-6,10,12H2,1-4H3,(H2,22,23,24). The Morgan fingerprint density at radius 1 is 1.19 bits per heavy atom. The Bertz CT molecular complexity index is 732. The minimum Gasteiger partial charge on any atom is -0.493 e. The van der Waals surface area contributed by atoms with Gasteiger partial charge in [-0.2, -0.15) is 0 Å². The second kappa shape index (κ2) is 10.3. The number of anilines is 1. The number of rotatable bonds is 8. The van der Waals surface area contributed by atoms with Crippen LogP contribution in [0.4, 0.5) is 5.69 Å². The molecule has 0 saturated carbocycles. The molecule has 0 fully saturated rings. The highest BCUT2D eigenvalue weighted by molar-refractivity contribution is 5.93. The first-order valence-corrected chi connectivity index (χ1v) is 8.93. The molecule has 0 radical (unpaired) electrons. The summed E-state index contributed by atoms with van der Waals surface area (Å²) >= 11 is 0. The average molecular weight is 356 g/mol. The first-order chi connectivity index (χ1) is 12.7. The van der Waals surface area contributed by atoms with E-state index in [9.17, 15) is 0 Å². The molecule has 140 valence electrons. The van der Waals surface area contributed by atoms with E-state index >= 15 is 0 Å². The molecule has 0 unspecified atom stereocenters. The van der Waals surface area contributed by atoms with Gasteiger partial charge in [0.2, 0.25) is 0 Å². The summed E-state index contributed by atoms with van der Waals surface area (Å²) in [4.78, 5) is 8.79. The highest BCUT2D eigenvalue weighted by Gasteiger charge is 2.07. The van der Waals surface area contributed by atoms with Crippen LogP contribution in [0.3, 0.4) is 0 Å². The molecule has 0 spiro atoms. The van der Waals surface area contributed by atoms with Gasteiger partial charge >= 0.3 is 0 Å². The summed E-state index contributed by atoms with van der Waals surface area (Å²) in [6, 6.07) is 7.80. The first-order valence-electron chi connectivity index (χ1n) is 8.93. The maximum Gasteiger partial charge on any atom is 0.195 e. The molecule has 0 aliphatic carbocycles. The van der Waals surface area contributed by atoms with Gasteiger partial charge in [0.1, 0.15) is 0 Å². The summed E-state index contributed by atoms with van der Waals surface area (Å²) in [5.74, 6) is 2.17. The second-order valence-corrected chi connectivity index (χ2v) is 5.74. The average Bonchev–Trinajstić information content (AvgIpc) is 2.65. The van der Waals surface area contributed by atoms with Crippen molar-refractivity contribution in [3.63, 3.8) is 0 Å². The van der Waals surface area contributed by atoms with Crippen molar-refractivity contribution in [2.45, 2.75) is 27.2 Å². The molecule has 0 atom stereocenters. The van der Waals surface area contributed by atoms with Gasteiger partial charge in [0.05, 0.1) is 13.7 Å². The molecule has 2 rings (SSSR count). The summed E-state index contributed by atoms with van der Waals surface area (Å²) in [5.41, 5.74) is 3.35. The third kappa shape index (κ3) is 5.65. The van der Waals surface area contributed by atoms with E-state index in [4.69, 9.17) is 9.47 Å². The molecule has 2 N–H and O–H groups in total. The van der Waals surface area contributed by atoms with Crippen molar-refractivity contribution in [3.05, 3.63) is 47.8 Å². The zero-order chi connectivity index (χ0) is 18.8. The van der Waals surface area contributed by atoms with Crippen LogP contribution in [0, 0.1) is 6.92 Å². The van der Waals surface area contributed by atoms with E-state index in [1.807, 2.05) is 50.5 Å². The molecule has 26 heavy (non-hydrogen) atoms. The number of aryl methyl sites for hydroxylation is 1. The molecule has 0 bridgehead atoms. The summed E-state index contributed by atoms with van der Waals surface area (Å²) in [7, 11) is 1.64. The highest BCUT2D eigenvalue weighted by Crippen LogP contribution is 2.30. The molecule has 1 heterocycles. The Kier molecular flexibility index (Phi) is 7.74. The lowest BCUT2D eigenvalue weighted by Crippen LogP contribution is -2.30. The van der Waals surface area contributed by atoms with Crippen LogP contribution < -0.4 is 20.1 Å². The molecule has 1 aromatic carbocycles. The molecular formula is C20H28N4O2. The molecule has 0 aliphatic heterocycles. The highest BCUT2D eigenvalue weighted by atomic mass is 16.5. The van der Waals surface area contributed by atoms with Gasteiger partial charge in [0.25, 0.3) is 0 Å². The van der Waals surface area contributed by atoms with E-state index < -0.39 is 0 Å². The number of aromatic nitrogens is 1. The Hall–Kier alpha value is -2.76. The normalized spacial score (nSPS) is 11.2. The van der Waals surface area contributed by atoms with E-state index in [2.05, 4.69) is 27.5 Å². The number of ether oxygens (including phenoxy) is 2. The molecule has 1 aromatic heterocycles. The van der Waals surface area contributed by atoms with Gasteiger partial charge in [-0.1, -0.05) is 0 Å². The molecule has 0 saturated heterocycles. The van der Waals surface area contributed by atoms with Crippen molar-refractivity contribution >= 4 is 11.6 Å². The SMILES string of the molecule is CCNC(=NCCc1ccncc1C)Nc1ccc(OCC)c(OC)c1. The molecule has 0 amide bonds. The Balaban J connectivity index is 2.06. The summed E-state index contributed by atoms with van der Waals surface area (Å²) in [5, 5.41) is 6.58. The van der Waals surface area contributed by atoms with Crippen molar-refractivity contribution in [1.82, 2.24) is 10.3 Å². The molecule has 6 nitrogen and oxygen atoms in total. The van der Waals surface area contributed by atoms with E-state index in [-0.39, 0.29) is 0 Å². The van der Waals surface area contributed by atoms with Crippen molar-refractivity contribution in [3.8, 4) is 11.5 Å². The second-order valence-electron chi connectivity index (χ2n) is 5.74. The van der Waals surface area contributed by atoms with Crippen LogP contribution in [0.5, 0.6) is 11.5 Å². The molecular weight excluding hydrogens is 328 g/mol. The number of pyridine rings is 1. The predicted octanol–water partition coefficient (Wildman–Crippen LogP) is 3.42. The monoisotopic (exact) mass is 356 g/mol. The fourth-order valence-electron chi connectivity index (χ4n) is 2.53. The summed E-state index contributed by atoms with van der Waals surface area (Å²) in [6.45, 7) is 8.14. The number of nitrogens with one attached hydrogen (secondary N) is 2. The minimum atomic E-state index is 0.599. The number of hydrogen-bond acceptors (Lipinski definition) is 4. The fourth-order valence-corrected chi connectivity index (χ4v) is 2.53. The number of guanidine groups is 1. The van der Waals surface area contributed by atoms with Gasteiger partial charge < -0.3 is 20.1 Å². The number of methoxy groups -OCH3 is 1. The largest absolute Gasteiger partial charge is 0.493 e. The van der Waals surface area contributed by atoms with Gasteiger partial charge in [0.15, 0.2) is 17.5 Å².